The Morgan fingerprint density at radius 1 is 0.795 bits per heavy atom. The molecule has 1 aromatic heterocycles. The van der Waals surface area contributed by atoms with Gasteiger partial charge >= 0.3 is 0 Å². The molecule has 1 N–H and O–H groups in total. The Hall–Kier alpha value is -4.00. The molecule has 0 saturated carbocycles. The molecule has 9 nitrogen and oxygen atoms in total. The van der Waals surface area contributed by atoms with Gasteiger partial charge in [-0.25, -0.2) is 4.98 Å². The number of aromatic nitrogens is 2. The van der Waals surface area contributed by atoms with Crippen LogP contribution in [-0.4, -0.2) is 81.8 Å². The van der Waals surface area contributed by atoms with Crippen molar-refractivity contribution in [3.63, 3.8) is 0 Å². The third-order valence-electron chi connectivity index (χ3n) is 9.75. The topological polar surface area (TPSA) is 100 Å². The number of carbonyl (C=O) groups is 2. The van der Waals surface area contributed by atoms with Gasteiger partial charge < -0.3 is 24.3 Å². The van der Waals surface area contributed by atoms with Gasteiger partial charge in [-0.3, -0.25) is 14.6 Å². The van der Waals surface area contributed by atoms with Crippen molar-refractivity contribution in [3.05, 3.63) is 58.9 Å². The summed E-state index contributed by atoms with van der Waals surface area (Å²) in [4.78, 5) is 43.4. The van der Waals surface area contributed by atoms with Gasteiger partial charge in [0.2, 0.25) is 0 Å². The minimum Gasteiger partial charge on any atom is -0.368 e. The lowest BCUT2D eigenvalue weighted by Gasteiger charge is -2.27. The molecule has 5 aliphatic rings. The minimum atomic E-state index is -0.308. The molecule has 8 rings (SSSR count). The molecule has 3 aromatic rings. The van der Waals surface area contributed by atoms with E-state index in [1.54, 1.807) is 0 Å². The SMILES string of the molecule is O=C([C@H]1CCCO1)N1CCC[C@H]1C1=Nc2ccc(C#Cc3ccc4nc([C@@H]5CCCN5C(=O)[C@H]5CCCO5)[nH]c4c3)cc2C1. The van der Waals surface area contributed by atoms with E-state index in [2.05, 4.69) is 22.9 Å². The summed E-state index contributed by atoms with van der Waals surface area (Å²) in [6, 6.07) is 12.2. The number of nitrogens with one attached hydrogen (secondary N) is 1. The number of ether oxygens (including phenoxy) is 2. The van der Waals surface area contributed by atoms with Gasteiger partial charge in [0, 0.05) is 49.6 Å². The zero-order valence-corrected chi connectivity index (χ0v) is 24.9. The van der Waals surface area contributed by atoms with Crippen LogP contribution in [0.5, 0.6) is 0 Å². The van der Waals surface area contributed by atoms with Crippen LogP contribution in [0.2, 0.25) is 0 Å². The largest absolute Gasteiger partial charge is 0.368 e. The molecule has 2 amide bonds. The number of benzene rings is 2. The fourth-order valence-corrected chi connectivity index (χ4v) is 7.51. The Morgan fingerprint density at radius 3 is 2.16 bits per heavy atom. The van der Waals surface area contributed by atoms with Gasteiger partial charge in [-0.1, -0.05) is 11.8 Å². The number of H-pyrrole nitrogens is 1. The molecule has 4 fully saturated rings. The van der Waals surface area contributed by atoms with E-state index in [1.165, 1.54) is 0 Å². The van der Waals surface area contributed by atoms with Crippen molar-refractivity contribution >= 4 is 34.2 Å². The maximum absolute atomic E-state index is 13.1. The number of amides is 2. The van der Waals surface area contributed by atoms with Gasteiger partial charge in [0.1, 0.15) is 18.0 Å². The zero-order chi connectivity index (χ0) is 29.6. The van der Waals surface area contributed by atoms with Crippen molar-refractivity contribution in [2.75, 3.05) is 26.3 Å². The average Bonchev–Trinajstić information content (AvgIpc) is 3.89. The lowest BCUT2D eigenvalue weighted by atomic mass is 10.0. The van der Waals surface area contributed by atoms with E-state index in [0.717, 1.165) is 116 Å². The van der Waals surface area contributed by atoms with Gasteiger partial charge in [0.25, 0.3) is 11.8 Å². The molecule has 4 saturated heterocycles. The third-order valence-corrected chi connectivity index (χ3v) is 9.75. The number of carbonyl (C=O) groups excluding carboxylic acids is 2. The predicted octanol–water partition coefficient (Wildman–Crippen LogP) is 4.60. The zero-order valence-electron chi connectivity index (χ0n) is 24.9. The molecule has 6 heterocycles. The first kappa shape index (κ1) is 27.5. The van der Waals surface area contributed by atoms with Crippen molar-refractivity contribution in [2.45, 2.75) is 82.1 Å². The smallest absolute Gasteiger partial charge is 0.252 e. The van der Waals surface area contributed by atoms with Crippen molar-refractivity contribution in [3.8, 4) is 11.8 Å². The molecule has 4 atom stereocenters. The van der Waals surface area contributed by atoms with Crippen LogP contribution >= 0.6 is 0 Å². The monoisotopic (exact) mass is 591 g/mol. The molecular weight excluding hydrogens is 554 g/mol. The Morgan fingerprint density at radius 2 is 1.45 bits per heavy atom. The second kappa shape index (κ2) is 11.5. The summed E-state index contributed by atoms with van der Waals surface area (Å²) in [5, 5.41) is 0. The van der Waals surface area contributed by atoms with Gasteiger partial charge in [0.05, 0.1) is 28.8 Å². The number of likely N-dealkylation sites (tertiary alicyclic amines) is 2. The van der Waals surface area contributed by atoms with Crippen molar-refractivity contribution < 1.29 is 19.1 Å². The third kappa shape index (κ3) is 5.10. The van der Waals surface area contributed by atoms with E-state index < -0.39 is 0 Å². The fourth-order valence-electron chi connectivity index (χ4n) is 7.51. The van der Waals surface area contributed by atoms with Gasteiger partial charge in [-0.15, -0.1) is 0 Å². The summed E-state index contributed by atoms with van der Waals surface area (Å²) in [6.07, 6.45) is 7.52. The number of nitrogens with zero attached hydrogens (tertiary/aromatic N) is 4. The highest BCUT2D eigenvalue weighted by Gasteiger charge is 2.39. The van der Waals surface area contributed by atoms with Crippen LogP contribution in [0.25, 0.3) is 11.0 Å². The van der Waals surface area contributed by atoms with E-state index >= 15 is 0 Å². The van der Waals surface area contributed by atoms with E-state index in [1.807, 2.05) is 40.1 Å². The Labute approximate surface area is 257 Å². The Balaban J connectivity index is 0.957. The predicted molar refractivity (Wildman–Crippen MR) is 166 cm³/mol. The molecular formula is C35H37N5O4. The maximum atomic E-state index is 13.1. The van der Waals surface area contributed by atoms with E-state index in [4.69, 9.17) is 19.5 Å². The molecule has 9 heteroatoms. The highest BCUT2D eigenvalue weighted by molar-refractivity contribution is 6.00. The van der Waals surface area contributed by atoms with Crippen LogP contribution in [0, 0.1) is 11.8 Å². The Bertz CT molecular complexity index is 1700. The number of imidazole rings is 1. The summed E-state index contributed by atoms with van der Waals surface area (Å²) in [7, 11) is 0. The van der Waals surface area contributed by atoms with Gasteiger partial charge in [-0.05, 0) is 93.3 Å². The quantitative estimate of drug-likeness (QED) is 0.447. The minimum absolute atomic E-state index is 0.0439. The molecule has 0 unspecified atom stereocenters. The molecule has 0 bridgehead atoms. The van der Waals surface area contributed by atoms with E-state index in [-0.39, 0.29) is 36.1 Å². The molecule has 44 heavy (non-hydrogen) atoms. The number of hydrogen-bond acceptors (Lipinski definition) is 6. The molecule has 5 aliphatic heterocycles. The summed E-state index contributed by atoms with van der Waals surface area (Å²) in [5.41, 5.74) is 6.87. The maximum Gasteiger partial charge on any atom is 0.252 e. The van der Waals surface area contributed by atoms with Crippen molar-refractivity contribution in [1.29, 1.82) is 0 Å². The highest BCUT2D eigenvalue weighted by Crippen LogP contribution is 2.35. The second-order valence-corrected chi connectivity index (χ2v) is 12.6. The van der Waals surface area contributed by atoms with Crippen LogP contribution in [0.15, 0.2) is 41.4 Å². The lowest BCUT2D eigenvalue weighted by Crippen LogP contribution is -2.45. The standard InChI is InChI=1S/C35H37N5O4/c41-34(31-7-3-17-43-31)39-15-1-5-29(39)28-21-24-19-22(11-13-25(24)36-28)9-10-23-12-14-26-27(20-23)38-33(37-26)30-6-2-16-40(30)35(42)32-8-4-18-44-32/h11-14,19-20,29-32H,1-8,15-18,21H2,(H,37,38)/t29-,30-,31+,32+/m0/s1. The number of rotatable bonds is 4. The molecule has 0 spiro atoms. The summed E-state index contributed by atoms with van der Waals surface area (Å²) >= 11 is 0. The van der Waals surface area contributed by atoms with Crippen LogP contribution in [0.1, 0.15) is 79.9 Å². The van der Waals surface area contributed by atoms with Crippen LogP contribution in [-0.2, 0) is 25.5 Å². The number of fused-ring (bicyclic) bond motifs is 2. The Kier molecular flexibility index (Phi) is 7.19. The molecule has 2 aromatic carbocycles. The number of aliphatic imine (C=N–C) groups is 1. The first-order valence-corrected chi connectivity index (χ1v) is 16.2. The van der Waals surface area contributed by atoms with Gasteiger partial charge in [0.15, 0.2) is 0 Å². The fraction of sp³-hybridized carbons (Fsp3) is 0.486. The van der Waals surface area contributed by atoms with Crippen LogP contribution in [0.3, 0.4) is 0 Å². The highest BCUT2D eigenvalue weighted by atomic mass is 16.5. The number of hydrogen-bond donors (Lipinski definition) is 1. The van der Waals surface area contributed by atoms with Gasteiger partial charge in [-0.2, -0.15) is 0 Å². The summed E-state index contributed by atoms with van der Waals surface area (Å²) < 4.78 is 11.4. The number of aromatic amines is 1. The first-order valence-electron chi connectivity index (χ1n) is 16.2. The normalized spacial score (nSPS) is 26.2. The van der Waals surface area contributed by atoms with Crippen molar-refractivity contribution in [1.82, 2.24) is 19.8 Å². The second-order valence-electron chi connectivity index (χ2n) is 12.6. The van der Waals surface area contributed by atoms with E-state index in [9.17, 15) is 9.59 Å². The average molecular weight is 592 g/mol. The van der Waals surface area contributed by atoms with E-state index in [0.29, 0.717) is 13.2 Å². The van der Waals surface area contributed by atoms with Crippen molar-refractivity contribution in [2.24, 2.45) is 4.99 Å². The molecule has 0 aliphatic carbocycles. The molecule has 226 valence electrons. The van der Waals surface area contributed by atoms with Crippen LogP contribution in [0.4, 0.5) is 5.69 Å². The van der Waals surface area contributed by atoms with Crippen LogP contribution < -0.4 is 0 Å². The lowest BCUT2D eigenvalue weighted by molar-refractivity contribution is -0.142. The summed E-state index contributed by atoms with van der Waals surface area (Å²) in [5.74, 6) is 7.72. The summed E-state index contributed by atoms with van der Waals surface area (Å²) in [6.45, 7) is 2.88. The molecule has 0 radical (unpaired) electrons. The first-order chi connectivity index (χ1) is 21.6.